The van der Waals surface area contributed by atoms with Crippen LogP contribution in [0.1, 0.15) is 26.2 Å². The van der Waals surface area contributed by atoms with Gasteiger partial charge in [-0.25, -0.2) is 4.79 Å². The first-order chi connectivity index (χ1) is 6.75. The van der Waals surface area contributed by atoms with Crippen LogP contribution in [0.4, 0.5) is 0 Å². The van der Waals surface area contributed by atoms with E-state index in [4.69, 9.17) is 9.47 Å². The molecule has 0 aromatic rings. The van der Waals surface area contributed by atoms with Gasteiger partial charge in [0.25, 0.3) is 0 Å². The van der Waals surface area contributed by atoms with Crippen LogP contribution in [-0.4, -0.2) is 38.4 Å². The lowest BCUT2D eigenvalue weighted by molar-refractivity contribution is -0.151. The molecule has 14 heavy (non-hydrogen) atoms. The summed E-state index contributed by atoms with van der Waals surface area (Å²) < 4.78 is 10.2. The number of carbonyl (C=O) groups is 1. The molecule has 1 saturated heterocycles. The Morgan fingerprint density at radius 3 is 3.07 bits per heavy atom. The van der Waals surface area contributed by atoms with Gasteiger partial charge in [0.2, 0.25) is 0 Å². The Morgan fingerprint density at radius 1 is 1.64 bits per heavy atom. The van der Waals surface area contributed by atoms with E-state index in [-0.39, 0.29) is 5.97 Å². The molecule has 1 aliphatic rings. The Kier molecular flexibility index (Phi) is 4.35. The van der Waals surface area contributed by atoms with Gasteiger partial charge in [-0.3, -0.25) is 5.32 Å². The van der Waals surface area contributed by atoms with Crippen LogP contribution < -0.4 is 5.32 Å². The second-order valence-electron chi connectivity index (χ2n) is 3.66. The lowest BCUT2D eigenvalue weighted by Gasteiger charge is -2.29. The smallest absolute Gasteiger partial charge is 0.328 e. The van der Waals surface area contributed by atoms with Gasteiger partial charge in [0, 0.05) is 6.61 Å². The van der Waals surface area contributed by atoms with Crippen LogP contribution in [-0.2, 0) is 14.3 Å². The lowest BCUT2D eigenvalue weighted by atomic mass is 9.94. The van der Waals surface area contributed by atoms with Crippen LogP contribution in [0.25, 0.3) is 0 Å². The number of carbonyl (C=O) groups excluding carboxylic acids is 1. The molecule has 0 amide bonds. The standard InChI is InChI=1S/C10H19NO3/c1-3-5-10(9(12)13-2)8-14-7-4-6-11-10/h11H,3-8H2,1-2H3. The Bertz CT molecular complexity index is 186. The highest BCUT2D eigenvalue weighted by Gasteiger charge is 2.39. The van der Waals surface area contributed by atoms with Crippen molar-refractivity contribution >= 4 is 5.97 Å². The topological polar surface area (TPSA) is 47.6 Å². The van der Waals surface area contributed by atoms with Crippen LogP contribution in [0.5, 0.6) is 0 Å². The first-order valence-corrected chi connectivity index (χ1v) is 5.16. The third kappa shape index (κ3) is 2.45. The molecule has 1 fully saturated rings. The number of rotatable bonds is 3. The van der Waals surface area contributed by atoms with Gasteiger partial charge in [0.15, 0.2) is 0 Å². The third-order valence-corrected chi connectivity index (χ3v) is 2.53. The zero-order chi connectivity index (χ0) is 10.4. The van der Waals surface area contributed by atoms with Gasteiger partial charge in [-0.1, -0.05) is 13.3 Å². The average Bonchev–Trinajstić information content (AvgIpc) is 2.44. The van der Waals surface area contributed by atoms with Gasteiger partial charge in [-0.15, -0.1) is 0 Å². The highest BCUT2D eigenvalue weighted by Crippen LogP contribution is 2.18. The van der Waals surface area contributed by atoms with Crippen molar-refractivity contribution in [2.75, 3.05) is 26.9 Å². The first-order valence-electron chi connectivity index (χ1n) is 5.16. The van der Waals surface area contributed by atoms with Crippen LogP contribution >= 0.6 is 0 Å². The molecule has 1 unspecified atom stereocenters. The van der Waals surface area contributed by atoms with Gasteiger partial charge in [0.1, 0.15) is 5.54 Å². The molecule has 1 N–H and O–H groups in total. The molecule has 0 bridgehead atoms. The summed E-state index contributed by atoms with van der Waals surface area (Å²) in [5.74, 6) is -0.207. The number of hydrogen-bond donors (Lipinski definition) is 1. The van der Waals surface area contributed by atoms with Crippen LogP contribution in [0.15, 0.2) is 0 Å². The van der Waals surface area contributed by atoms with E-state index < -0.39 is 5.54 Å². The zero-order valence-electron chi connectivity index (χ0n) is 8.97. The van der Waals surface area contributed by atoms with E-state index >= 15 is 0 Å². The molecule has 1 atom stereocenters. The molecular weight excluding hydrogens is 182 g/mol. The molecule has 0 aliphatic carbocycles. The Morgan fingerprint density at radius 2 is 2.43 bits per heavy atom. The van der Waals surface area contributed by atoms with E-state index in [0.29, 0.717) is 6.61 Å². The summed E-state index contributed by atoms with van der Waals surface area (Å²) in [6.07, 6.45) is 2.65. The van der Waals surface area contributed by atoms with Gasteiger partial charge < -0.3 is 9.47 Å². The second-order valence-corrected chi connectivity index (χ2v) is 3.66. The van der Waals surface area contributed by atoms with Crippen molar-refractivity contribution in [2.45, 2.75) is 31.7 Å². The molecule has 4 heteroatoms. The van der Waals surface area contributed by atoms with E-state index in [9.17, 15) is 4.79 Å². The van der Waals surface area contributed by atoms with Crippen molar-refractivity contribution in [1.82, 2.24) is 5.32 Å². The normalized spacial score (nSPS) is 28.1. The van der Waals surface area contributed by atoms with Gasteiger partial charge >= 0.3 is 5.97 Å². The maximum absolute atomic E-state index is 11.7. The second kappa shape index (κ2) is 5.32. The van der Waals surface area contributed by atoms with E-state index in [1.54, 1.807) is 0 Å². The van der Waals surface area contributed by atoms with Crippen molar-refractivity contribution < 1.29 is 14.3 Å². The first kappa shape index (κ1) is 11.5. The number of nitrogens with one attached hydrogen (secondary N) is 1. The van der Waals surface area contributed by atoms with Crippen LogP contribution in [0.2, 0.25) is 0 Å². The van der Waals surface area contributed by atoms with Gasteiger partial charge in [-0.2, -0.15) is 0 Å². The summed E-state index contributed by atoms with van der Waals surface area (Å²) in [4.78, 5) is 11.7. The minimum Gasteiger partial charge on any atom is -0.468 e. The quantitative estimate of drug-likeness (QED) is 0.683. The molecule has 0 radical (unpaired) electrons. The molecule has 1 heterocycles. The minimum absolute atomic E-state index is 0.207. The zero-order valence-corrected chi connectivity index (χ0v) is 8.97. The summed E-state index contributed by atoms with van der Waals surface area (Å²) in [6, 6.07) is 0. The summed E-state index contributed by atoms with van der Waals surface area (Å²) in [5.41, 5.74) is -0.611. The fourth-order valence-electron chi connectivity index (χ4n) is 1.82. The summed E-state index contributed by atoms with van der Waals surface area (Å²) >= 11 is 0. The van der Waals surface area contributed by atoms with Crippen molar-refractivity contribution in [3.63, 3.8) is 0 Å². The average molecular weight is 201 g/mol. The molecular formula is C10H19NO3. The lowest BCUT2D eigenvalue weighted by Crippen LogP contribution is -2.55. The molecule has 1 aliphatic heterocycles. The number of ether oxygens (including phenoxy) is 2. The predicted octanol–water partition coefficient (Wildman–Crippen LogP) is 0.708. The SMILES string of the molecule is CCCC1(C(=O)OC)COCCCN1. The monoisotopic (exact) mass is 201 g/mol. The molecule has 0 aromatic carbocycles. The van der Waals surface area contributed by atoms with Crippen molar-refractivity contribution in [2.24, 2.45) is 0 Å². The summed E-state index contributed by atoms with van der Waals surface area (Å²) in [5, 5.41) is 3.25. The minimum atomic E-state index is -0.611. The number of esters is 1. The largest absolute Gasteiger partial charge is 0.468 e. The maximum atomic E-state index is 11.7. The highest BCUT2D eigenvalue weighted by atomic mass is 16.5. The van der Waals surface area contributed by atoms with Crippen LogP contribution in [0.3, 0.4) is 0 Å². The Labute approximate surface area is 85.0 Å². The fourth-order valence-corrected chi connectivity index (χ4v) is 1.82. The summed E-state index contributed by atoms with van der Waals surface area (Å²) in [6.45, 7) is 4.01. The van der Waals surface area contributed by atoms with Gasteiger partial charge in [-0.05, 0) is 19.4 Å². The number of hydrogen-bond acceptors (Lipinski definition) is 4. The molecule has 0 spiro atoms. The van der Waals surface area contributed by atoms with E-state index in [1.165, 1.54) is 7.11 Å². The molecule has 82 valence electrons. The van der Waals surface area contributed by atoms with Crippen molar-refractivity contribution in [3.8, 4) is 0 Å². The fraction of sp³-hybridized carbons (Fsp3) is 0.900. The highest BCUT2D eigenvalue weighted by molar-refractivity contribution is 5.81. The molecule has 1 rings (SSSR count). The van der Waals surface area contributed by atoms with Gasteiger partial charge in [0.05, 0.1) is 13.7 Å². The molecule has 0 saturated carbocycles. The van der Waals surface area contributed by atoms with E-state index in [2.05, 4.69) is 12.2 Å². The molecule has 4 nitrogen and oxygen atoms in total. The predicted molar refractivity (Wildman–Crippen MR) is 53.1 cm³/mol. The Hall–Kier alpha value is -0.610. The summed E-state index contributed by atoms with van der Waals surface area (Å²) in [7, 11) is 1.42. The van der Waals surface area contributed by atoms with E-state index in [1.807, 2.05) is 0 Å². The van der Waals surface area contributed by atoms with Crippen LogP contribution in [0, 0.1) is 0 Å². The molecule has 0 aromatic heterocycles. The number of methoxy groups -OCH3 is 1. The maximum Gasteiger partial charge on any atom is 0.328 e. The van der Waals surface area contributed by atoms with Crippen molar-refractivity contribution in [1.29, 1.82) is 0 Å². The Balaban J connectivity index is 2.71. The third-order valence-electron chi connectivity index (χ3n) is 2.53. The van der Waals surface area contributed by atoms with E-state index in [0.717, 1.165) is 32.4 Å². The van der Waals surface area contributed by atoms with Crippen molar-refractivity contribution in [3.05, 3.63) is 0 Å².